The van der Waals surface area contributed by atoms with E-state index in [4.69, 9.17) is 4.74 Å². The van der Waals surface area contributed by atoms with Crippen molar-refractivity contribution in [3.05, 3.63) is 35.4 Å². The van der Waals surface area contributed by atoms with Crippen LogP contribution in [0.1, 0.15) is 55.5 Å². The zero-order valence-corrected chi connectivity index (χ0v) is 12.9. The van der Waals surface area contributed by atoms with Gasteiger partial charge in [-0.3, -0.25) is 9.59 Å². The third-order valence-electron chi connectivity index (χ3n) is 5.81. The van der Waals surface area contributed by atoms with Crippen LogP contribution in [0.2, 0.25) is 0 Å². The van der Waals surface area contributed by atoms with Crippen LogP contribution in [0, 0.1) is 11.3 Å². The molecule has 0 radical (unpaired) electrons. The number of benzene rings is 1. The van der Waals surface area contributed by atoms with E-state index in [9.17, 15) is 9.59 Å². The van der Waals surface area contributed by atoms with E-state index in [2.05, 4.69) is 13.0 Å². The molecule has 3 nitrogen and oxygen atoms in total. The highest BCUT2D eigenvalue weighted by Gasteiger charge is 2.57. The molecule has 2 aliphatic rings. The first-order valence-corrected chi connectivity index (χ1v) is 7.64. The highest BCUT2D eigenvalue weighted by molar-refractivity contribution is 6.00. The third kappa shape index (κ3) is 1.86. The fourth-order valence-corrected chi connectivity index (χ4v) is 4.64. The van der Waals surface area contributed by atoms with E-state index in [1.165, 1.54) is 7.11 Å². The van der Waals surface area contributed by atoms with E-state index in [-0.39, 0.29) is 23.1 Å². The predicted octanol–water partition coefficient (Wildman–Crippen LogP) is 3.51. The summed E-state index contributed by atoms with van der Waals surface area (Å²) >= 11 is 0. The van der Waals surface area contributed by atoms with E-state index in [0.717, 1.165) is 30.4 Å². The largest absolute Gasteiger partial charge is 0.469 e. The minimum absolute atomic E-state index is 0.0219. The Morgan fingerprint density at radius 2 is 1.95 bits per heavy atom. The smallest absolute Gasteiger partial charge is 0.311 e. The minimum atomic E-state index is -0.565. The quantitative estimate of drug-likeness (QED) is 0.742. The number of methoxy groups -OCH3 is 1. The van der Waals surface area contributed by atoms with Gasteiger partial charge in [-0.1, -0.05) is 37.6 Å². The van der Waals surface area contributed by atoms with Crippen molar-refractivity contribution in [2.24, 2.45) is 11.3 Å². The molecule has 2 aliphatic carbocycles. The fraction of sp³-hybridized carbons (Fsp3) is 0.556. The van der Waals surface area contributed by atoms with Gasteiger partial charge in [0, 0.05) is 12.0 Å². The fourth-order valence-electron chi connectivity index (χ4n) is 4.64. The van der Waals surface area contributed by atoms with Gasteiger partial charge in [0.05, 0.1) is 12.5 Å². The number of ether oxygens (including phenoxy) is 1. The molecular weight excluding hydrogens is 264 g/mol. The number of fused-ring (bicyclic) bond motifs is 3. The molecule has 1 saturated carbocycles. The van der Waals surface area contributed by atoms with Gasteiger partial charge in [-0.25, -0.2) is 0 Å². The molecule has 0 unspecified atom stereocenters. The lowest BCUT2D eigenvalue weighted by Gasteiger charge is -2.53. The van der Waals surface area contributed by atoms with Crippen LogP contribution in [0.4, 0.5) is 0 Å². The number of hydrogen-bond donors (Lipinski definition) is 0. The SMILES string of the molecule is COC(=O)[C@]1(C)CCC[C@@]2(C)c3ccccc3C(=O)C[C@@H]12. The number of carbonyl (C=O) groups excluding carboxylic acids is 2. The molecule has 3 atom stereocenters. The molecule has 0 saturated heterocycles. The second-order valence-electron chi connectivity index (χ2n) is 6.91. The summed E-state index contributed by atoms with van der Waals surface area (Å²) in [5, 5.41) is 0. The maximum atomic E-state index is 12.5. The highest BCUT2D eigenvalue weighted by Crippen LogP contribution is 2.57. The lowest BCUT2D eigenvalue weighted by atomic mass is 9.49. The summed E-state index contributed by atoms with van der Waals surface area (Å²) in [5.74, 6) is 0.00399. The van der Waals surface area contributed by atoms with E-state index in [0.29, 0.717) is 6.42 Å². The summed E-state index contributed by atoms with van der Waals surface area (Å²) in [6, 6.07) is 7.89. The van der Waals surface area contributed by atoms with Gasteiger partial charge >= 0.3 is 5.97 Å². The van der Waals surface area contributed by atoms with Crippen molar-refractivity contribution in [1.82, 2.24) is 0 Å². The van der Waals surface area contributed by atoms with Crippen LogP contribution in [-0.4, -0.2) is 18.9 Å². The Kier molecular flexibility index (Phi) is 3.19. The number of carbonyl (C=O) groups is 2. The van der Waals surface area contributed by atoms with Gasteiger partial charge in [0.25, 0.3) is 0 Å². The van der Waals surface area contributed by atoms with Crippen LogP contribution in [0.25, 0.3) is 0 Å². The molecule has 0 spiro atoms. The Hall–Kier alpha value is -1.64. The van der Waals surface area contributed by atoms with Gasteiger partial charge in [-0.15, -0.1) is 0 Å². The molecule has 1 aromatic carbocycles. The number of rotatable bonds is 1. The monoisotopic (exact) mass is 286 g/mol. The summed E-state index contributed by atoms with van der Waals surface area (Å²) < 4.78 is 5.06. The molecule has 0 aliphatic heterocycles. The maximum Gasteiger partial charge on any atom is 0.311 e. The lowest BCUT2D eigenvalue weighted by molar-refractivity contribution is -0.160. The Balaban J connectivity index is 2.15. The van der Waals surface area contributed by atoms with Gasteiger partial charge in [-0.2, -0.15) is 0 Å². The van der Waals surface area contributed by atoms with Gasteiger partial charge in [0.1, 0.15) is 0 Å². The van der Waals surface area contributed by atoms with Crippen molar-refractivity contribution in [2.75, 3.05) is 7.11 Å². The summed E-state index contributed by atoms with van der Waals surface area (Å²) in [6.45, 7) is 4.19. The minimum Gasteiger partial charge on any atom is -0.469 e. The van der Waals surface area contributed by atoms with Crippen molar-refractivity contribution in [3.8, 4) is 0 Å². The molecular formula is C18H22O3. The van der Waals surface area contributed by atoms with Crippen LogP contribution in [0.5, 0.6) is 0 Å². The Labute approximate surface area is 125 Å². The first-order valence-electron chi connectivity index (χ1n) is 7.64. The molecule has 3 rings (SSSR count). The predicted molar refractivity (Wildman–Crippen MR) is 80.2 cm³/mol. The molecule has 1 fully saturated rings. The topological polar surface area (TPSA) is 43.4 Å². The summed E-state index contributed by atoms with van der Waals surface area (Å²) in [7, 11) is 1.44. The second-order valence-corrected chi connectivity index (χ2v) is 6.91. The van der Waals surface area contributed by atoms with Gasteiger partial charge in [-0.05, 0) is 36.7 Å². The zero-order valence-electron chi connectivity index (χ0n) is 12.9. The first-order chi connectivity index (χ1) is 9.93. The highest BCUT2D eigenvalue weighted by atomic mass is 16.5. The van der Waals surface area contributed by atoms with Gasteiger partial charge < -0.3 is 4.74 Å². The van der Waals surface area contributed by atoms with Crippen molar-refractivity contribution in [1.29, 1.82) is 0 Å². The van der Waals surface area contributed by atoms with E-state index >= 15 is 0 Å². The van der Waals surface area contributed by atoms with Crippen LogP contribution in [0.3, 0.4) is 0 Å². The summed E-state index contributed by atoms with van der Waals surface area (Å²) in [4.78, 5) is 24.9. The average molecular weight is 286 g/mol. The molecule has 0 bridgehead atoms. The average Bonchev–Trinajstić information content (AvgIpc) is 2.49. The van der Waals surface area contributed by atoms with Crippen LogP contribution in [-0.2, 0) is 14.9 Å². The number of ketones is 1. The first kappa shape index (κ1) is 14.3. The normalized spacial score (nSPS) is 34.8. The van der Waals surface area contributed by atoms with Crippen molar-refractivity contribution in [3.63, 3.8) is 0 Å². The lowest BCUT2D eigenvalue weighted by Crippen LogP contribution is -2.53. The van der Waals surface area contributed by atoms with Crippen molar-refractivity contribution < 1.29 is 14.3 Å². The van der Waals surface area contributed by atoms with E-state index in [1.54, 1.807) is 0 Å². The molecule has 112 valence electrons. The Morgan fingerprint density at radius 1 is 1.24 bits per heavy atom. The third-order valence-corrected chi connectivity index (χ3v) is 5.81. The van der Waals surface area contributed by atoms with Gasteiger partial charge in [0.2, 0.25) is 0 Å². The van der Waals surface area contributed by atoms with Crippen LogP contribution in [0.15, 0.2) is 24.3 Å². The Morgan fingerprint density at radius 3 is 2.67 bits per heavy atom. The molecule has 1 aromatic rings. The maximum absolute atomic E-state index is 12.5. The molecule has 21 heavy (non-hydrogen) atoms. The molecule has 0 N–H and O–H groups in total. The standard InChI is InChI=1S/C18H22O3/c1-17-9-6-10-18(2,16(20)21-3)15(17)11-14(19)12-7-4-5-8-13(12)17/h4-5,7-8,15H,6,9-11H2,1-3H3/t15-,17+,18-/m1/s1. The summed E-state index contributed by atoms with van der Waals surface area (Å²) in [5.41, 5.74) is 1.27. The number of esters is 1. The molecule has 0 heterocycles. The summed E-state index contributed by atoms with van der Waals surface area (Å²) in [6.07, 6.45) is 3.25. The van der Waals surface area contributed by atoms with Crippen molar-refractivity contribution in [2.45, 2.75) is 44.9 Å². The Bertz CT molecular complexity index is 606. The van der Waals surface area contributed by atoms with Gasteiger partial charge in [0.15, 0.2) is 5.78 Å². The molecule has 0 aromatic heterocycles. The molecule has 0 amide bonds. The van der Waals surface area contributed by atoms with Crippen molar-refractivity contribution >= 4 is 11.8 Å². The van der Waals surface area contributed by atoms with Crippen LogP contribution < -0.4 is 0 Å². The van der Waals surface area contributed by atoms with Crippen LogP contribution >= 0.6 is 0 Å². The zero-order chi connectivity index (χ0) is 15.3. The van der Waals surface area contributed by atoms with E-state index < -0.39 is 5.41 Å². The van der Waals surface area contributed by atoms with E-state index in [1.807, 2.05) is 25.1 Å². The number of Topliss-reactive ketones (excluding diaryl/α,β-unsaturated/α-hetero) is 1. The molecule has 3 heteroatoms. The second kappa shape index (κ2) is 4.69. The number of hydrogen-bond acceptors (Lipinski definition) is 3.